The second-order valence-corrected chi connectivity index (χ2v) is 15.3. The number of β-lactam (4-membered cyclic amide) rings is 1. The Morgan fingerprint density at radius 2 is 1.81 bits per heavy atom. The molecule has 0 aromatic heterocycles. The minimum Gasteiger partial charge on any atom is -0.497 e. The van der Waals surface area contributed by atoms with Crippen molar-refractivity contribution < 1.29 is 28.3 Å². The van der Waals surface area contributed by atoms with Gasteiger partial charge in [-0.05, 0) is 54.7 Å². The van der Waals surface area contributed by atoms with Gasteiger partial charge in [0.25, 0.3) is 0 Å². The maximum absolute atomic E-state index is 13.6. The van der Waals surface area contributed by atoms with Crippen LogP contribution in [0.25, 0.3) is 0 Å². The first kappa shape index (κ1) is 27.8. The number of benzene rings is 1. The van der Waals surface area contributed by atoms with E-state index in [1.165, 1.54) is 0 Å². The molecule has 2 saturated heterocycles. The van der Waals surface area contributed by atoms with Crippen LogP contribution in [-0.4, -0.2) is 69.1 Å². The van der Waals surface area contributed by atoms with Crippen molar-refractivity contribution in [3.8, 4) is 5.75 Å². The molecule has 0 bridgehead atoms. The van der Waals surface area contributed by atoms with Crippen LogP contribution in [0.2, 0.25) is 18.1 Å². The Balaban J connectivity index is 1.57. The molecule has 2 fully saturated rings. The zero-order chi connectivity index (χ0) is 26.9. The Kier molecular flexibility index (Phi) is 8.47. The van der Waals surface area contributed by atoms with Crippen molar-refractivity contribution in [2.75, 3.05) is 20.7 Å². The van der Waals surface area contributed by atoms with Gasteiger partial charge < -0.3 is 18.8 Å². The molecule has 204 valence electrons. The fourth-order valence-electron chi connectivity index (χ4n) is 6.25. The molecule has 3 aliphatic rings. The molecule has 3 aliphatic heterocycles. The van der Waals surface area contributed by atoms with Crippen LogP contribution in [0.15, 0.2) is 35.5 Å². The first-order valence-corrected chi connectivity index (χ1v) is 16.2. The quantitative estimate of drug-likeness (QED) is 0.237. The third-order valence-electron chi connectivity index (χ3n) is 8.66. The van der Waals surface area contributed by atoms with E-state index in [0.717, 1.165) is 48.0 Å². The summed E-state index contributed by atoms with van der Waals surface area (Å²) >= 11 is 0. The molecule has 1 amide bonds. The normalized spacial score (nSPS) is 26.8. The number of hydrogen-bond acceptors (Lipinski definition) is 7. The van der Waals surface area contributed by atoms with Crippen molar-refractivity contribution in [3.63, 3.8) is 0 Å². The molecule has 1 aromatic rings. The van der Waals surface area contributed by atoms with Gasteiger partial charge in [-0.2, -0.15) is 5.06 Å². The summed E-state index contributed by atoms with van der Waals surface area (Å²) in [6, 6.07) is 10.4. The van der Waals surface area contributed by atoms with Crippen LogP contribution in [0.1, 0.15) is 46.6 Å². The van der Waals surface area contributed by atoms with E-state index in [-0.39, 0.29) is 42.6 Å². The SMILES string of the molecule is CC[Si](CC)(CC)O[C@H](C)[C@H]1C(=O)N2C(C(=O)OCc3ccc(OC)cc3)=C([C@@H]3CCN(C)O3)[C@H](C)[C@@H]12. The molecule has 37 heavy (non-hydrogen) atoms. The highest BCUT2D eigenvalue weighted by atomic mass is 28.4. The Morgan fingerprint density at radius 3 is 2.35 bits per heavy atom. The summed E-state index contributed by atoms with van der Waals surface area (Å²) in [7, 11) is 1.62. The lowest BCUT2D eigenvalue weighted by molar-refractivity contribution is -0.163. The molecule has 1 aromatic carbocycles. The van der Waals surface area contributed by atoms with Crippen molar-refractivity contribution in [3.05, 3.63) is 41.1 Å². The van der Waals surface area contributed by atoms with Gasteiger partial charge in [-0.1, -0.05) is 39.8 Å². The Labute approximate surface area is 222 Å². The average molecular weight is 531 g/mol. The smallest absolute Gasteiger partial charge is 0.355 e. The van der Waals surface area contributed by atoms with Crippen LogP contribution in [0.5, 0.6) is 5.75 Å². The summed E-state index contributed by atoms with van der Waals surface area (Å²) < 4.78 is 17.7. The number of hydrogen-bond donors (Lipinski definition) is 0. The van der Waals surface area contributed by atoms with Gasteiger partial charge in [-0.25, -0.2) is 4.79 Å². The van der Waals surface area contributed by atoms with Crippen LogP contribution in [0.3, 0.4) is 0 Å². The standard InChI is InChI=1S/C28H42N2O6Si/c1-8-37(9-2,10-3)36-19(5)24-25-18(4)23(22-15-16-29(6)35-22)26(30(25)27(24)31)28(32)34-17-20-11-13-21(33-7)14-12-20/h11-14,18-19,22,24-25H,8-10,15-17H2,1-7H3/t18-,19+,22-,24+,25-/m0/s1. The highest BCUT2D eigenvalue weighted by molar-refractivity contribution is 6.73. The molecule has 0 aliphatic carbocycles. The van der Waals surface area contributed by atoms with E-state index in [0.29, 0.717) is 5.70 Å². The molecular formula is C28H42N2O6Si. The number of fused-ring (bicyclic) bond motifs is 1. The number of methoxy groups -OCH3 is 1. The van der Waals surface area contributed by atoms with Crippen molar-refractivity contribution in [2.45, 2.75) is 84.0 Å². The average Bonchev–Trinajstić information content (AvgIpc) is 3.44. The zero-order valence-electron chi connectivity index (χ0n) is 23.3. The maximum atomic E-state index is 13.6. The molecular weight excluding hydrogens is 488 g/mol. The summed E-state index contributed by atoms with van der Waals surface area (Å²) in [4.78, 5) is 34.9. The van der Waals surface area contributed by atoms with Crippen molar-refractivity contribution in [1.82, 2.24) is 9.96 Å². The van der Waals surface area contributed by atoms with Crippen LogP contribution in [-0.2, 0) is 30.2 Å². The summed E-state index contributed by atoms with van der Waals surface area (Å²) in [6.07, 6.45) is 0.342. The Morgan fingerprint density at radius 1 is 1.16 bits per heavy atom. The summed E-state index contributed by atoms with van der Waals surface area (Å²) in [5, 5.41) is 1.80. The van der Waals surface area contributed by atoms with E-state index in [1.807, 2.05) is 38.2 Å². The third kappa shape index (κ3) is 5.11. The summed E-state index contributed by atoms with van der Waals surface area (Å²) in [5.41, 5.74) is 2.09. The first-order valence-electron chi connectivity index (χ1n) is 13.6. The van der Waals surface area contributed by atoms with Gasteiger partial charge in [0.05, 0.1) is 25.2 Å². The molecule has 9 heteroatoms. The number of hydroxylamine groups is 2. The predicted molar refractivity (Wildman–Crippen MR) is 143 cm³/mol. The van der Waals surface area contributed by atoms with E-state index in [4.69, 9.17) is 18.7 Å². The Bertz CT molecular complexity index is 1020. The van der Waals surface area contributed by atoms with Crippen molar-refractivity contribution >= 4 is 20.2 Å². The number of esters is 1. The van der Waals surface area contributed by atoms with Crippen molar-refractivity contribution in [1.29, 1.82) is 0 Å². The highest BCUT2D eigenvalue weighted by Gasteiger charge is 2.62. The number of rotatable bonds is 11. The van der Waals surface area contributed by atoms with Gasteiger partial charge in [0.15, 0.2) is 8.32 Å². The molecule has 4 rings (SSSR count). The van der Waals surface area contributed by atoms with Crippen LogP contribution in [0.4, 0.5) is 0 Å². The summed E-state index contributed by atoms with van der Waals surface area (Å²) in [5.74, 6) is -0.0708. The molecule has 8 nitrogen and oxygen atoms in total. The van der Waals surface area contributed by atoms with E-state index < -0.39 is 14.3 Å². The highest BCUT2D eigenvalue weighted by Crippen LogP contribution is 2.50. The van der Waals surface area contributed by atoms with Gasteiger partial charge in [-0.3, -0.25) is 9.63 Å². The first-order chi connectivity index (χ1) is 17.7. The fraction of sp³-hybridized carbons (Fsp3) is 0.643. The van der Waals surface area contributed by atoms with Crippen LogP contribution in [0, 0.1) is 11.8 Å². The monoisotopic (exact) mass is 530 g/mol. The van der Waals surface area contributed by atoms with E-state index >= 15 is 0 Å². The largest absolute Gasteiger partial charge is 0.497 e. The molecule has 3 heterocycles. The number of ether oxygens (including phenoxy) is 2. The second kappa shape index (κ2) is 11.3. The number of nitrogens with zero attached hydrogens (tertiary/aromatic N) is 2. The molecule has 5 atom stereocenters. The van der Waals surface area contributed by atoms with Crippen molar-refractivity contribution in [2.24, 2.45) is 11.8 Å². The molecule has 0 saturated carbocycles. The van der Waals surface area contributed by atoms with E-state index in [2.05, 4.69) is 27.7 Å². The van der Waals surface area contributed by atoms with Gasteiger partial charge in [0.1, 0.15) is 24.2 Å². The Hall–Kier alpha value is -2.20. The maximum Gasteiger partial charge on any atom is 0.355 e. The predicted octanol–water partition coefficient (Wildman–Crippen LogP) is 4.52. The molecule has 0 N–H and O–H groups in total. The zero-order valence-corrected chi connectivity index (χ0v) is 24.3. The van der Waals surface area contributed by atoms with Gasteiger partial charge in [0, 0.05) is 19.5 Å². The lowest BCUT2D eigenvalue weighted by Crippen LogP contribution is -2.65. The molecule has 0 unspecified atom stereocenters. The molecule has 0 spiro atoms. The fourth-order valence-corrected chi connectivity index (χ4v) is 9.18. The topological polar surface area (TPSA) is 77.5 Å². The lowest BCUT2D eigenvalue weighted by atomic mass is 9.77. The van der Waals surface area contributed by atoms with Gasteiger partial charge in [0.2, 0.25) is 5.91 Å². The number of carbonyl (C=O) groups excluding carboxylic acids is 2. The van der Waals surface area contributed by atoms with E-state index in [9.17, 15) is 9.59 Å². The van der Waals surface area contributed by atoms with Crippen LogP contribution >= 0.6 is 0 Å². The lowest BCUT2D eigenvalue weighted by Gasteiger charge is -2.49. The van der Waals surface area contributed by atoms with E-state index in [1.54, 1.807) is 17.1 Å². The minimum atomic E-state index is -1.89. The number of carbonyl (C=O) groups is 2. The number of amides is 1. The van der Waals surface area contributed by atoms with Crippen LogP contribution < -0.4 is 4.74 Å². The third-order valence-corrected chi connectivity index (χ3v) is 13.4. The van der Waals surface area contributed by atoms with Gasteiger partial charge >= 0.3 is 5.97 Å². The van der Waals surface area contributed by atoms with Gasteiger partial charge in [-0.15, -0.1) is 0 Å². The minimum absolute atomic E-state index is 0.0188. The molecule has 0 radical (unpaired) electrons. The second-order valence-electron chi connectivity index (χ2n) is 10.5. The summed E-state index contributed by atoms with van der Waals surface area (Å²) in [6.45, 7) is 11.6.